The van der Waals surface area contributed by atoms with Gasteiger partial charge in [0, 0.05) is 69.4 Å². The van der Waals surface area contributed by atoms with E-state index in [4.69, 9.17) is 14.5 Å². The summed E-state index contributed by atoms with van der Waals surface area (Å²) in [4.78, 5) is 76.7. The predicted molar refractivity (Wildman–Crippen MR) is 264 cm³/mol. The van der Waals surface area contributed by atoms with Crippen LogP contribution < -0.4 is 10.7 Å². The molecular weight excluding hydrogens is 847 g/mol. The lowest BCUT2D eigenvalue weighted by Crippen LogP contribution is -2.66. The molecule has 4 amide bonds. The van der Waals surface area contributed by atoms with Crippen molar-refractivity contribution in [3.8, 4) is 11.1 Å². The van der Waals surface area contributed by atoms with Crippen LogP contribution in [0, 0.1) is 17.3 Å². The SMILES string of the molecule is C=CC(=O)N1CC[C@@H](C(=O)N(C)[C@H](C(=O)N[C@H]2Cc3cccc(c3)-c3ccc4c(c3)c(c(/C(C=C)=C(/N=C\C)[C@H](C)OC)n4CC)CC(C)(C)COC[C@@]3(C=O)CCCN(N3)C2=O)C(C)C)C1. The summed E-state index contributed by atoms with van der Waals surface area (Å²) in [5.41, 5.74) is 9.18. The topological polar surface area (TPSA) is 155 Å². The smallest absolute Gasteiger partial charge is 0.259 e. The van der Waals surface area contributed by atoms with Crippen molar-refractivity contribution in [1.29, 1.82) is 0 Å². The van der Waals surface area contributed by atoms with Crippen molar-refractivity contribution in [3.63, 3.8) is 0 Å². The predicted octanol–water partition coefficient (Wildman–Crippen LogP) is 6.56. The lowest BCUT2D eigenvalue weighted by atomic mass is 9.83. The van der Waals surface area contributed by atoms with Crippen molar-refractivity contribution in [1.82, 2.24) is 30.1 Å². The number of aromatic nitrogens is 1. The molecule has 0 radical (unpaired) electrons. The molecule has 0 spiro atoms. The van der Waals surface area contributed by atoms with Crippen LogP contribution in [0.4, 0.5) is 0 Å². The average molecular weight is 918 g/mol. The Bertz CT molecular complexity index is 2430. The van der Waals surface area contributed by atoms with E-state index in [-0.39, 0.29) is 43.4 Å². The van der Waals surface area contributed by atoms with E-state index in [1.165, 1.54) is 16.0 Å². The number of allylic oxidation sites excluding steroid dienone is 2. The number of aryl methyl sites for hydroxylation is 1. The van der Waals surface area contributed by atoms with E-state index in [9.17, 15) is 24.0 Å². The number of hydrogen-bond acceptors (Lipinski definition) is 9. The van der Waals surface area contributed by atoms with Gasteiger partial charge in [-0.1, -0.05) is 77.3 Å². The molecule has 14 heteroatoms. The number of benzene rings is 2. The van der Waals surface area contributed by atoms with Gasteiger partial charge < -0.3 is 34.0 Å². The maximum atomic E-state index is 14.8. The number of rotatable bonds is 13. The molecule has 2 fully saturated rings. The highest BCUT2D eigenvalue weighted by molar-refractivity contribution is 5.96. The maximum absolute atomic E-state index is 14.8. The van der Waals surface area contributed by atoms with Crippen LogP contribution >= 0.6 is 0 Å². The molecular formula is C53H71N7O7. The van der Waals surface area contributed by atoms with Gasteiger partial charge in [0.1, 0.15) is 23.9 Å². The van der Waals surface area contributed by atoms with Crippen LogP contribution in [0.1, 0.15) is 84.5 Å². The van der Waals surface area contributed by atoms with Gasteiger partial charge in [0.05, 0.1) is 36.6 Å². The first-order chi connectivity index (χ1) is 31.9. The number of methoxy groups -OCH3 is 1. The van der Waals surface area contributed by atoms with Gasteiger partial charge in [-0.05, 0) is 98.2 Å². The molecule has 0 unspecified atom stereocenters. The first-order valence-electron chi connectivity index (χ1n) is 23.7. The van der Waals surface area contributed by atoms with Crippen LogP contribution in [0.15, 0.2) is 78.5 Å². The number of ether oxygens (including phenoxy) is 2. The van der Waals surface area contributed by atoms with Crippen LogP contribution in [0.2, 0.25) is 0 Å². The third kappa shape index (κ3) is 10.9. The summed E-state index contributed by atoms with van der Waals surface area (Å²) < 4.78 is 14.7. The van der Waals surface area contributed by atoms with Gasteiger partial charge in [-0.3, -0.25) is 29.2 Å². The normalized spacial score (nSPS) is 22.5. The molecule has 2 aromatic carbocycles. The number of carbonyl (C=O) groups excluding carboxylic acids is 5. The molecule has 3 aliphatic heterocycles. The highest BCUT2D eigenvalue weighted by atomic mass is 16.5. The molecule has 0 aliphatic carbocycles. The number of nitrogens with zero attached hydrogens (tertiary/aromatic N) is 5. The van der Waals surface area contributed by atoms with E-state index < -0.39 is 40.8 Å². The van der Waals surface area contributed by atoms with Crippen molar-refractivity contribution in [2.24, 2.45) is 22.2 Å². The number of aliphatic imine (C=N–C) groups is 1. The largest absolute Gasteiger partial charge is 0.378 e. The summed E-state index contributed by atoms with van der Waals surface area (Å²) in [6.45, 7) is 23.9. The Balaban J connectivity index is 1.46. The molecule has 2 saturated heterocycles. The first-order valence-corrected chi connectivity index (χ1v) is 23.7. The van der Waals surface area contributed by atoms with Crippen molar-refractivity contribution in [2.45, 2.75) is 111 Å². The summed E-state index contributed by atoms with van der Waals surface area (Å²) in [5, 5.41) is 5.60. The Labute approximate surface area is 396 Å². The van der Waals surface area contributed by atoms with Crippen LogP contribution in [0.5, 0.6) is 0 Å². The van der Waals surface area contributed by atoms with E-state index in [1.54, 1.807) is 25.3 Å². The number of likely N-dealkylation sites (N-methyl/N-ethyl adjacent to an activating group) is 1. The second-order valence-electron chi connectivity index (χ2n) is 19.5. The van der Waals surface area contributed by atoms with E-state index in [2.05, 4.69) is 73.5 Å². The van der Waals surface area contributed by atoms with Crippen molar-refractivity contribution < 1.29 is 33.4 Å². The number of hydrogen-bond donors (Lipinski definition) is 2. The summed E-state index contributed by atoms with van der Waals surface area (Å²) in [5.74, 6) is -2.15. The Kier molecular flexibility index (Phi) is 16.3. The van der Waals surface area contributed by atoms with Gasteiger partial charge in [0.25, 0.3) is 5.91 Å². The lowest BCUT2D eigenvalue weighted by molar-refractivity contribution is -0.148. The first kappa shape index (κ1) is 50.7. The molecule has 5 atom stereocenters. The van der Waals surface area contributed by atoms with E-state index in [1.807, 2.05) is 52.0 Å². The molecule has 14 nitrogen and oxygen atoms in total. The Hall–Kier alpha value is -5.70. The Morgan fingerprint density at radius 1 is 1.07 bits per heavy atom. The van der Waals surface area contributed by atoms with Crippen LogP contribution in [0.25, 0.3) is 27.6 Å². The minimum Gasteiger partial charge on any atom is -0.378 e. The number of amides is 4. The van der Waals surface area contributed by atoms with E-state index in [0.29, 0.717) is 51.9 Å². The Morgan fingerprint density at radius 2 is 1.82 bits per heavy atom. The van der Waals surface area contributed by atoms with Gasteiger partial charge in [0.15, 0.2) is 0 Å². The average Bonchev–Trinajstić information content (AvgIpc) is 3.93. The zero-order valence-corrected chi connectivity index (χ0v) is 41.0. The molecule has 6 bridgehead atoms. The van der Waals surface area contributed by atoms with Gasteiger partial charge in [-0.25, -0.2) is 5.43 Å². The monoisotopic (exact) mass is 918 g/mol. The molecule has 6 rings (SSSR count). The Morgan fingerprint density at radius 3 is 2.48 bits per heavy atom. The number of nitrogens with one attached hydrogen (secondary N) is 2. The highest BCUT2D eigenvalue weighted by Gasteiger charge is 2.42. The molecule has 3 aliphatic rings. The second kappa shape index (κ2) is 21.5. The van der Waals surface area contributed by atoms with Crippen LogP contribution in [-0.2, 0) is 52.8 Å². The minimum atomic E-state index is -1.19. The number of likely N-dealkylation sites (tertiary alicyclic amines) is 1. The maximum Gasteiger partial charge on any atom is 0.259 e. The lowest BCUT2D eigenvalue weighted by Gasteiger charge is -2.42. The number of carbonyl (C=O) groups is 5. The third-order valence-corrected chi connectivity index (χ3v) is 13.6. The van der Waals surface area contributed by atoms with Gasteiger partial charge in [-0.15, -0.1) is 0 Å². The summed E-state index contributed by atoms with van der Waals surface area (Å²) >= 11 is 0. The van der Waals surface area contributed by atoms with E-state index in [0.717, 1.165) is 56.4 Å². The van der Waals surface area contributed by atoms with Crippen molar-refractivity contribution in [2.75, 3.05) is 47.0 Å². The number of hydrazine groups is 1. The molecule has 0 saturated carbocycles. The zero-order valence-electron chi connectivity index (χ0n) is 41.0. The fourth-order valence-corrected chi connectivity index (χ4v) is 10.1. The standard InChI is InChI=1S/C53H71N7O7/c1-12-40(46(54-14-3)35(7)66-11)48-42-29-52(8,9)32-67-33-53(31-61)23-17-24-60(56-53)51(65)43(27-36-18-16-19-37(26-36)38-20-21-44(41(42)28-38)59(48)15-4)55-49(63)47(34(5)6)57(10)50(64)39-22-25-58(30-39)45(62)13-2/h12-14,16,18-21,26,28,31,34-35,39,43,47,56H,1-2,15,17,22-25,27,29-30,32-33H2,3-11H3,(H,55,63)/b46-40+,54-14-/t35-,39+,43-,47-,53-/m0/s1. The van der Waals surface area contributed by atoms with E-state index >= 15 is 0 Å². The van der Waals surface area contributed by atoms with Gasteiger partial charge in [-0.2, -0.15) is 0 Å². The van der Waals surface area contributed by atoms with Crippen molar-refractivity contribution in [3.05, 3.63) is 90.3 Å². The van der Waals surface area contributed by atoms with Gasteiger partial charge in [0.2, 0.25) is 17.7 Å². The quantitative estimate of drug-likeness (QED) is 0.0847. The summed E-state index contributed by atoms with van der Waals surface area (Å²) in [6, 6.07) is 12.5. The second-order valence-corrected chi connectivity index (χ2v) is 19.5. The van der Waals surface area contributed by atoms with Crippen LogP contribution in [0.3, 0.4) is 0 Å². The zero-order chi connectivity index (χ0) is 48.8. The fourth-order valence-electron chi connectivity index (χ4n) is 10.1. The molecule has 3 aromatic rings. The molecule has 2 N–H and O–H groups in total. The minimum absolute atomic E-state index is 0.0222. The molecule has 1 aromatic heterocycles. The summed E-state index contributed by atoms with van der Waals surface area (Å²) in [7, 11) is 3.29. The molecule has 67 heavy (non-hydrogen) atoms. The fraction of sp³-hybridized carbons (Fsp3) is 0.509. The van der Waals surface area contributed by atoms with Gasteiger partial charge >= 0.3 is 0 Å². The van der Waals surface area contributed by atoms with Crippen molar-refractivity contribution >= 4 is 52.6 Å². The number of fused-ring (bicyclic) bond motifs is 6. The molecule has 360 valence electrons. The number of aldehydes is 1. The molecule has 4 heterocycles. The highest BCUT2D eigenvalue weighted by Crippen LogP contribution is 2.40. The third-order valence-electron chi connectivity index (χ3n) is 13.6. The summed E-state index contributed by atoms with van der Waals surface area (Å²) in [6.07, 6.45) is 7.61. The van der Waals surface area contributed by atoms with Crippen LogP contribution in [-0.4, -0.2) is 126 Å².